The third-order valence-electron chi connectivity index (χ3n) is 3.44. The Hall–Kier alpha value is -2.01. The summed E-state index contributed by atoms with van der Waals surface area (Å²) < 4.78 is 10.2. The topological polar surface area (TPSA) is 55.8 Å². The first-order valence-corrected chi connectivity index (χ1v) is 7.42. The molecule has 0 spiro atoms. The highest BCUT2D eigenvalue weighted by Gasteiger charge is 2.22. The molecule has 2 rings (SSSR count). The zero-order valence-electron chi connectivity index (χ0n) is 12.6. The van der Waals surface area contributed by atoms with Gasteiger partial charge in [-0.25, -0.2) is 0 Å². The zero-order chi connectivity index (χ0) is 16.1. The lowest BCUT2D eigenvalue weighted by Gasteiger charge is -2.24. The van der Waals surface area contributed by atoms with E-state index >= 15 is 0 Å². The molecule has 0 saturated heterocycles. The van der Waals surface area contributed by atoms with Crippen LogP contribution in [0.15, 0.2) is 23.8 Å². The summed E-state index contributed by atoms with van der Waals surface area (Å²) in [5.74, 6) is 0.229. The zero-order valence-corrected chi connectivity index (χ0v) is 13.4. The van der Waals surface area contributed by atoms with E-state index < -0.39 is 0 Å². The maximum atomic E-state index is 12.5. The first-order valence-electron chi connectivity index (χ1n) is 7.04. The second kappa shape index (κ2) is 7.31. The average Bonchev–Trinajstić information content (AvgIpc) is 2.54. The van der Waals surface area contributed by atoms with Gasteiger partial charge in [0.1, 0.15) is 12.4 Å². The van der Waals surface area contributed by atoms with E-state index in [0.717, 1.165) is 5.56 Å². The molecule has 0 aliphatic carbocycles. The minimum atomic E-state index is -0.336. The van der Waals surface area contributed by atoms with Crippen molar-refractivity contribution in [1.29, 1.82) is 0 Å². The van der Waals surface area contributed by atoms with Crippen LogP contribution in [0.1, 0.15) is 18.9 Å². The molecule has 0 fully saturated rings. The van der Waals surface area contributed by atoms with E-state index in [1.54, 1.807) is 29.2 Å². The molecule has 0 radical (unpaired) electrons. The second-order valence-corrected chi connectivity index (χ2v) is 5.29. The number of hydrogen-bond donors (Lipinski definition) is 0. The summed E-state index contributed by atoms with van der Waals surface area (Å²) >= 11 is 5.96. The summed E-state index contributed by atoms with van der Waals surface area (Å²) in [6.07, 6.45) is 1.96. The SMILES string of the molecule is CCN(CCC(=O)OC)C(=O)C1=Cc2cc(Cl)ccc2OC1. The molecule has 1 aromatic carbocycles. The Bertz CT molecular complexity index is 612. The van der Waals surface area contributed by atoms with E-state index in [-0.39, 0.29) is 24.9 Å². The van der Waals surface area contributed by atoms with Crippen LogP contribution in [0.5, 0.6) is 5.75 Å². The van der Waals surface area contributed by atoms with Gasteiger partial charge < -0.3 is 14.4 Å². The number of nitrogens with zero attached hydrogens (tertiary/aromatic N) is 1. The lowest BCUT2D eigenvalue weighted by molar-refractivity contribution is -0.141. The van der Waals surface area contributed by atoms with E-state index in [0.29, 0.717) is 29.4 Å². The molecule has 6 heteroatoms. The Labute approximate surface area is 134 Å². The quantitative estimate of drug-likeness (QED) is 0.781. The van der Waals surface area contributed by atoms with Crippen molar-refractivity contribution in [3.05, 3.63) is 34.4 Å². The fraction of sp³-hybridized carbons (Fsp3) is 0.375. The number of rotatable bonds is 5. The first-order chi connectivity index (χ1) is 10.5. The van der Waals surface area contributed by atoms with Crippen molar-refractivity contribution >= 4 is 29.6 Å². The predicted octanol–water partition coefficient (Wildman–Crippen LogP) is 2.53. The summed E-state index contributed by atoms with van der Waals surface area (Å²) in [5, 5.41) is 0.588. The molecule has 0 aromatic heterocycles. The molecule has 0 bridgehead atoms. The Morgan fingerprint density at radius 2 is 2.18 bits per heavy atom. The number of hydrogen-bond acceptors (Lipinski definition) is 4. The van der Waals surface area contributed by atoms with Crippen molar-refractivity contribution in [2.24, 2.45) is 0 Å². The summed E-state index contributed by atoms with van der Waals surface area (Å²) in [7, 11) is 1.33. The van der Waals surface area contributed by atoms with E-state index in [9.17, 15) is 9.59 Å². The normalized spacial score (nSPS) is 12.8. The number of benzene rings is 1. The number of halogens is 1. The molecule has 0 N–H and O–H groups in total. The van der Waals surface area contributed by atoms with Gasteiger partial charge in [0.25, 0.3) is 5.91 Å². The molecule has 118 valence electrons. The van der Waals surface area contributed by atoms with Crippen molar-refractivity contribution in [2.45, 2.75) is 13.3 Å². The Morgan fingerprint density at radius 3 is 2.86 bits per heavy atom. The Kier molecular flexibility index (Phi) is 5.44. The van der Waals surface area contributed by atoms with Gasteiger partial charge in [0.05, 0.1) is 19.1 Å². The number of carbonyl (C=O) groups excluding carboxylic acids is 2. The number of fused-ring (bicyclic) bond motifs is 1. The number of ether oxygens (including phenoxy) is 2. The van der Waals surface area contributed by atoms with E-state index in [1.807, 2.05) is 6.92 Å². The van der Waals surface area contributed by atoms with Gasteiger partial charge in [-0.2, -0.15) is 0 Å². The predicted molar refractivity (Wildman–Crippen MR) is 83.8 cm³/mol. The van der Waals surface area contributed by atoms with Crippen molar-refractivity contribution in [3.63, 3.8) is 0 Å². The van der Waals surface area contributed by atoms with Crippen LogP contribution in [0.2, 0.25) is 5.02 Å². The maximum Gasteiger partial charge on any atom is 0.307 e. The minimum absolute atomic E-state index is 0.142. The van der Waals surface area contributed by atoms with Crippen molar-refractivity contribution in [2.75, 3.05) is 26.8 Å². The lowest BCUT2D eigenvalue weighted by Crippen LogP contribution is -2.35. The molecule has 0 saturated carbocycles. The molecule has 0 unspecified atom stereocenters. The Morgan fingerprint density at radius 1 is 1.41 bits per heavy atom. The average molecular weight is 324 g/mol. The van der Waals surface area contributed by atoms with Gasteiger partial charge in [0.2, 0.25) is 0 Å². The van der Waals surface area contributed by atoms with Crippen LogP contribution < -0.4 is 4.74 Å². The molecule has 1 heterocycles. The maximum absolute atomic E-state index is 12.5. The summed E-state index contributed by atoms with van der Waals surface area (Å²) in [4.78, 5) is 25.3. The van der Waals surface area contributed by atoms with Crippen LogP contribution in [0.25, 0.3) is 6.08 Å². The van der Waals surface area contributed by atoms with Gasteiger partial charge in [-0.15, -0.1) is 0 Å². The van der Waals surface area contributed by atoms with E-state index in [2.05, 4.69) is 4.74 Å². The third-order valence-corrected chi connectivity index (χ3v) is 3.68. The molecular formula is C16H18ClNO4. The minimum Gasteiger partial charge on any atom is -0.488 e. The molecule has 1 aliphatic rings. The van der Waals surface area contributed by atoms with Crippen LogP contribution in [0.3, 0.4) is 0 Å². The van der Waals surface area contributed by atoms with Crippen molar-refractivity contribution in [1.82, 2.24) is 4.90 Å². The van der Waals surface area contributed by atoms with Gasteiger partial charge in [0.15, 0.2) is 0 Å². The fourth-order valence-electron chi connectivity index (χ4n) is 2.21. The fourth-order valence-corrected chi connectivity index (χ4v) is 2.39. The van der Waals surface area contributed by atoms with Gasteiger partial charge >= 0.3 is 5.97 Å². The number of methoxy groups -OCH3 is 1. The summed E-state index contributed by atoms with van der Waals surface area (Å²) in [5.41, 5.74) is 1.33. The van der Waals surface area contributed by atoms with Crippen molar-refractivity contribution in [3.8, 4) is 5.75 Å². The van der Waals surface area contributed by atoms with Crippen LogP contribution in [-0.2, 0) is 14.3 Å². The highest BCUT2D eigenvalue weighted by Crippen LogP contribution is 2.29. The smallest absolute Gasteiger partial charge is 0.307 e. The van der Waals surface area contributed by atoms with Gasteiger partial charge in [0, 0.05) is 23.7 Å². The van der Waals surface area contributed by atoms with Gasteiger partial charge in [-0.3, -0.25) is 9.59 Å². The Balaban J connectivity index is 2.12. The second-order valence-electron chi connectivity index (χ2n) is 4.85. The molecular weight excluding hydrogens is 306 g/mol. The van der Waals surface area contributed by atoms with Crippen LogP contribution >= 0.6 is 11.6 Å². The molecule has 22 heavy (non-hydrogen) atoms. The van der Waals surface area contributed by atoms with Crippen LogP contribution in [0.4, 0.5) is 0 Å². The highest BCUT2D eigenvalue weighted by atomic mass is 35.5. The molecule has 0 atom stereocenters. The monoisotopic (exact) mass is 323 g/mol. The summed E-state index contributed by atoms with van der Waals surface area (Å²) in [6.45, 7) is 2.91. The molecule has 1 aliphatic heterocycles. The molecule has 5 nitrogen and oxygen atoms in total. The first kappa shape index (κ1) is 16.4. The number of amides is 1. The number of likely N-dealkylation sites (N-methyl/N-ethyl adjacent to an activating group) is 1. The highest BCUT2D eigenvalue weighted by molar-refractivity contribution is 6.30. The standard InChI is InChI=1S/C16H18ClNO4/c1-3-18(7-6-15(19)21-2)16(20)12-8-11-9-13(17)4-5-14(11)22-10-12/h4-5,8-9H,3,6-7,10H2,1-2H3. The lowest BCUT2D eigenvalue weighted by atomic mass is 10.1. The van der Waals surface area contributed by atoms with Crippen molar-refractivity contribution < 1.29 is 19.1 Å². The summed E-state index contributed by atoms with van der Waals surface area (Å²) in [6, 6.07) is 5.29. The van der Waals surface area contributed by atoms with Gasteiger partial charge in [-0.05, 0) is 31.2 Å². The molecule has 1 aromatic rings. The number of esters is 1. The molecule has 1 amide bonds. The third kappa shape index (κ3) is 3.80. The van der Waals surface area contributed by atoms with Gasteiger partial charge in [-0.1, -0.05) is 11.6 Å². The van der Waals surface area contributed by atoms with E-state index in [1.165, 1.54) is 7.11 Å². The van der Waals surface area contributed by atoms with Crippen LogP contribution in [0, 0.1) is 0 Å². The largest absolute Gasteiger partial charge is 0.488 e. The van der Waals surface area contributed by atoms with E-state index in [4.69, 9.17) is 16.3 Å². The number of carbonyl (C=O) groups is 2. The van der Waals surface area contributed by atoms with Crippen LogP contribution in [-0.4, -0.2) is 43.6 Å².